The number of fused-ring (bicyclic) bond motifs is 3. The molecule has 0 saturated heterocycles. The normalized spacial score (nSPS) is 15.0. The maximum absolute atomic E-state index is 13.4. The van der Waals surface area contributed by atoms with E-state index in [9.17, 15) is 13.2 Å². The summed E-state index contributed by atoms with van der Waals surface area (Å²) in [6, 6.07) is 22.6. The molecular formula is C25H26N2O3S. The topological polar surface area (TPSA) is 66.5 Å². The van der Waals surface area contributed by atoms with Crippen LogP contribution in [0.3, 0.4) is 0 Å². The van der Waals surface area contributed by atoms with E-state index in [4.69, 9.17) is 0 Å². The van der Waals surface area contributed by atoms with Gasteiger partial charge in [-0.25, -0.2) is 8.42 Å². The molecule has 6 heteroatoms. The number of hydrogen-bond acceptors (Lipinski definition) is 3. The molecule has 0 aromatic heterocycles. The zero-order valence-corrected chi connectivity index (χ0v) is 18.5. The quantitative estimate of drug-likeness (QED) is 0.627. The minimum atomic E-state index is -3.83. The molecule has 0 saturated carbocycles. The highest BCUT2D eigenvalue weighted by Gasteiger charge is 2.35. The number of sulfonamides is 1. The highest BCUT2D eigenvalue weighted by atomic mass is 32.2. The fourth-order valence-electron chi connectivity index (χ4n) is 3.92. The molecule has 31 heavy (non-hydrogen) atoms. The summed E-state index contributed by atoms with van der Waals surface area (Å²) in [5, 5.41) is 2.90. The largest absolute Gasteiger partial charge is 0.354 e. The van der Waals surface area contributed by atoms with Gasteiger partial charge in [0.05, 0.1) is 10.6 Å². The second-order valence-electron chi connectivity index (χ2n) is 7.83. The van der Waals surface area contributed by atoms with Gasteiger partial charge >= 0.3 is 0 Å². The third kappa shape index (κ3) is 4.08. The van der Waals surface area contributed by atoms with Crippen LogP contribution in [-0.4, -0.2) is 27.4 Å². The highest BCUT2D eigenvalue weighted by molar-refractivity contribution is 7.93. The summed E-state index contributed by atoms with van der Waals surface area (Å²) in [6.07, 6.45) is 0.847. The van der Waals surface area contributed by atoms with E-state index < -0.39 is 10.0 Å². The standard InChI is InChI=1S/C25H26N2O3S/c1-3-19-13-14-23-22(15-19)21-11-7-8-12-24(21)31(29,30)27(23)17-25(28)26-16-18(2)20-9-5-4-6-10-20/h4-15,18H,3,16-17H2,1-2H3,(H,26,28)/t18-/m0/s1. The summed E-state index contributed by atoms with van der Waals surface area (Å²) >= 11 is 0. The lowest BCUT2D eigenvalue weighted by Gasteiger charge is -2.32. The van der Waals surface area contributed by atoms with Crippen molar-refractivity contribution in [2.75, 3.05) is 17.4 Å². The molecule has 160 valence electrons. The molecule has 0 bridgehead atoms. The Morgan fingerprint density at radius 3 is 2.42 bits per heavy atom. The number of carbonyl (C=O) groups excluding carboxylic acids is 1. The number of hydrogen-bond donors (Lipinski definition) is 1. The lowest BCUT2D eigenvalue weighted by molar-refractivity contribution is -0.119. The maximum atomic E-state index is 13.4. The van der Waals surface area contributed by atoms with E-state index >= 15 is 0 Å². The van der Waals surface area contributed by atoms with E-state index in [0.29, 0.717) is 17.8 Å². The van der Waals surface area contributed by atoms with Crippen molar-refractivity contribution in [1.82, 2.24) is 5.32 Å². The van der Waals surface area contributed by atoms with Crippen LogP contribution in [0.2, 0.25) is 0 Å². The van der Waals surface area contributed by atoms with Gasteiger partial charge in [-0.2, -0.15) is 0 Å². The van der Waals surface area contributed by atoms with Crippen LogP contribution >= 0.6 is 0 Å². The summed E-state index contributed by atoms with van der Waals surface area (Å²) < 4.78 is 28.0. The van der Waals surface area contributed by atoms with E-state index in [-0.39, 0.29) is 23.3 Å². The Bertz CT molecular complexity index is 1210. The zero-order chi connectivity index (χ0) is 22.0. The summed E-state index contributed by atoms with van der Waals surface area (Å²) in [5.41, 5.74) is 4.31. The van der Waals surface area contributed by atoms with Gasteiger partial charge in [-0.1, -0.05) is 68.4 Å². The Morgan fingerprint density at radius 2 is 1.68 bits per heavy atom. The lowest BCUT2D eigenvalue weighted by atomic mass is 9.99. The lowest BCUT2D eigenvalue weighted by Crippen LogP contribution is -2.43. The van der Waals surface area contributed by atoms with Gasteiger partial charge in [0.2, 0.25) is 5.91 Å². The van der Waals surface area contributed by atoms with Gasteiger partial charge in [-0.05, 0) is 41.7 Å². The smallest absolute Gasteiger partial charge is 0.265 e. The van der Waals surface area contributed by atoms with E-state index in [1.807, 2.05) is 67.6 Å². The number of amides is 1. The van der Waals surface area contributed by atoms with Gasteiger partial charge in [0, 0.05) is 17.7 Å². The minimum Gasteiger partial charge on any atom is -0.354 e. The highest BCUT2D eigenvalue weighted by Crippen LogP contribution is 2.43. The number of benzene rings is 3. The first-order chi connectivity index (χ1) is 14.9. The van der Waals surface area contributed by atoms with Crippen LogP contribution in [0.15, 0.2) is 77.7 Å². The molecule has 1 aliphatic heterocycles. The fraction of sp³-hybridized carbons (Fsp3) is 0.240. The van der Waals surface area contributed by atoms with E-state index in [1.54, 1.807) is 12.1 Å². The van der Waals surface area contributed by atoms with Crippen molar-refractivity contribution >= 4 is 21.6 Å². The summed E-state index contributed by atoms with van der Waals surface area (Å²) in [6.45, 7) is 4.28. The number of aryl methyl sites for hydroxylation is 1. The molecule has 1 N–H and O–H groups in total. The summed E-state index contributed by atoms with van der Waals surface area (Å²) in [7, 11) is -3.83. The Kier molecular flexibility index (Phi) is 5.83. The van der Waals surface area contributed by atoms with Gasteiger partial charge in [0.25, 0.3) is 10.0 Å². The van der Waals surface area contributed by atoms with Gasteiger partial charge in [0.15, 0.2) is 0 Å². The Labute approximate surface area is 183 Å². The van der Waals surface area contributed by atoms with Crippen molar-refractivity contribution in [1.29, 1.82) is 0 Å². The first kappa shape index (κ1) is 21.1. The Morgan fingerprint density at radius 1 is 0.968 bits per heavy atom. The van der Waals surface area contributed by atoms with Gasteiger partial charge < -0.3 is 5.32 Å². The SMILES string of the molecule is CCc1ccc2c(c1)-c1ccccc1S(=O)(=O)N2CC(=O)NC[C@H](C)c1ccccc1. The molecule has 3 aromatic rings. The summed E-state index contributed by atoms with van der Waals surface area (Å²) in [5.74, 6) is -0.195. The van der Waals surface area contributed by atoms with Crippen LogP contribution in [0.25, 0.3) is 11.1 Å². The van der Waals surface area contributed by atoms with Gasteiger partial charge in [0.1, 0.15) is 6.54 Å². The second-order valence-corrected chi connectivity index (χ2v) is 9.66. The van der Waals surface area contributed by atoms with Crippen molar-refractivity contribution in [3.63, 3.8) is 0 Å². The van der Waals surface area contributed by atoms with Crippen molar-refractivity contribution in [2.24, 2.45) is 0 Å². The molecule has 1 atom stereocenters. The molecule has 0 fully saturated rings. The molecule has 0 unspecified atom stereocenters. The Balaban J connectivity index is 1.60. The van der Waals surface area contributed by atoms with Crippen LogP contribution in [0, 0.1) is 0 Å². The second kappa shape index (κ2) is 8.55. The van der Waals surface area contributed by atoms with Crippen LogP contribution in [0.1, 0.15) is 30.9 Å². The van der Waals surface area contributed by atoms with E-state index in [2.05, 4.69) is 12.2 Å². The van der Waals surface area contributed by atoms with Crippen molar-refractivity contribution < 1.29 is 13.2 Å². The number of nitrogens with zero attached hydrogens (tertiary/aromatic N) is 1. The molecule has 3 aromatic carbocycles. The third-order valence-corrected chi connectivity index (χ3v) is 7.56. The van der Waals surface area contributed by atoms with Crippen LogP contribution in [0.5, 0.6) is 0 Å². The number of carbonyl (C=O) groups is 1. The van der Waals surface area contributed by atoms with Crippen molar-refractivity contribution in [3.8, 4) is 11.1 Å². The molecule has 0 aliphatic carbocycles. The Hall–Kier alpha value is -3.12. The van der Waals surface area contributed by atoms with Crippen LogP contribution in [0.4, 0.5) is 5.69 Å². The molecule has 5 nitrogen and oxygen atoms in total. The zero-order valence-electron chi connectivity index (χ0n) is 17.7. The van der Waals surface area contributed by atoms with Gasteiger partial charge in [-0.3, -0.25) is 9.10 Å². The average molecular weight is 435 g/mol. The molecule has 0 radical (unpaired) electrons. The fourth-order valence-corrected chi connectivity index (χ4v) is 5.57. The average Bonchev–Trinajstić information content (AvgIpc) is 2.80. The predicted molar refractivity (Wildman–Crippen MR) is 124 cm³/mol. The monoisotopic (exact) mass is 434 g/mol. The van der Waals surface area contributed by atoms with Crippen molar-refractivity contribution in [3.05, 3.63) is 83.9 Å². The molecule has 1 amide bonds. The minimum absolute atomic E-state index is 0.128. The van der Waals surface area contributed by atoms with Crippen molar-refractivity contribution in [2.45, 2.75) is 31.1 Å². The molecule has 1 aliphatic rings. The molecule has 1 heterocycles. The molecular weight excluding hydrogens is 408 g/mol. The first-order valence-electron chi connectivity index (χ1n) is 10.5. The first-order valence-corrected chi connectivity index (χ1v) is 11.9. The number of nitrogens with one attached hydrogen (secondary N) is 1. The number of anilines is 1. The van der Waals surface area contributed by atoms with Crippen LogP contribution in [-0.2, 0) is 21.2 Å². The third-order valence-electron chi connectivity index (χ3n) is 5.74. The maximum Gasteiger partial charge on any atom is 0.265 e. The predicted octanol–water partition coefficient (Wildman–Crippen LogP) is 4.34. The number of rotatable bonds is 6. The van der Waals surface area contributed by atoms with E-state index in [1.165, 1.54) is 4.31 Å². The van der Waals surface area contributed by atoms with Crippen LogP contribution < -0.4 is 9.62 Å². The van der Waals surface area contributed by atoms with Gasteiger partial charge in [-0.15, -0.1) is 0 Å². The summed E-state index contributed by atoms with van der Waals surface area (Å²) in [4.78, 5) is 13.0. The molecule has 4 rings (SSSR count). The van der Waals surface area contributed by atoms with E-state index in [0.717, 1.165) is 23.1 Å². The molecule has 0 spiro atoms.